The molecule has 142 valence electrons. The molecular formula is C19H19ClFN3O2S. The van der Waals surface area contributed by atoms with Crippen LogP contribution in [0.3, 0.4) is 0 Å². The maximum absolute atomic E-state index is 13.2. The number of carbonyl (C=O) groups excluding carboxylic acids is 1. The lowest BCUT2D eigenvalue weighted by molar-refractivity contribution is -0.115. The van der Waals surface area contributed by atoms with E-state index >= 15 is 0 Å². The van der Waals surface area contributed by atoms with Gasteiger partial charge in [0.25, 0.3) is 0 Å². The van der Waals surface area contributed by atoms with Crippen molar-refractivity contribution < 1.29 is 13.9 Å². The van der Waals surface area contributed by atoms with Crippen LogP contribution in [0, 0.1) is 5.82 Å². The number of para-hydroxylation sites is 2. The van der Waals surface area contributed by atoms with Crippen LogP contribution >= 0.6 is 23.4 Å². The number of anilines is 1. The van der Waals surface area contributed by atoms with E-state index in [1.54, 1.807) is 14.0 Å². The van der Waals surface area contributed by atoms with Crippen LogP contribution in [0.1, 0.15) is 6.92 Å². The number of hydrogen-bond donors (Lipinski definition) is 1. The van der Waals surface area contributed by atoms with E-state index in [1.165, 1.54) is 30.0 Å². The molecule has 1 amide bonds. The van der Waals surface area contributed by atoms with Crippen LogP contribution in [0.4, 0.5) is 10.1 Å². The fourth-order valence-electron chi connectivity index (χ4n) is 2.58. The van der Waals surface area contributed by atoms with Gasteiger partial charge in [-0.25, -0.2) is 9.37 Å². The highest BCUT2D eigenvalue weighted by Gasteiger charge is 2.20. The molecule has 0 aliphatic carbocycles. The number of nitrogens with one attached hydrogen (secondary N) is 1. The maximum atomic E-state index is 13.2. The van der Waals surface area contributed by atoms with Gasteiger partial charge < -0.3 is 14.6 Å². The molecular weight excluding hydrogens is 389 g/mol. The SMILES string of the molecule is COCCn1c(S[C@H](C)C(=O)Nc2ccc(F)cc2Cl)nc2ccccc21. The lowest BCUT2D eigenvalue weighted by Crippen LogP contribution is -2.23. The Morgan fingerprint density at radius 1 is 1.37 bits per heavy atom. The highest BCUT2D eigenvalue weighted by Crippen LogP contribution is 2.29. The summed E-state index contributed by atoms with van der Waals surface area (Å²) in [4.78, 5) is 17.2. The number of ether oxygens (including phenoxy) is 1. The summed E-state index contributed by atoms with van der Waals surface area (Å²) in [5, 5.41) is 3.20. The minimum absolute atomic E-state index is 0.160. The summed E-state index contributed by atoms with van der Waals surface area (Å²) in [5.74, 6) is -0.689. The van der Waals surface area contributed by atoms with Crippen molar-refractivity contribution in [2.45, 2.75) is 23.9 Å². The van der Waals surface area contributed by atoms with Crippen molar-refractivity contribution in [3.8, 4) is 0 Å². The zero-order valence-electron chi connectivity index (χ0n) is 14.9. The Bertz CT molecular complexity index is 963. The number of hydrogen-bond acceptors (Lipinski definition) is 4. The van der Waals surface area contributed by atoms with Crippen molar-refractivity contribution in [3.63, 3.8) is 0 Å². The molecule has 1 aromatic heterocycles. The van der Waals surface area contributed by atoms with Gasteiger partial charge >= 0.3 is 0 Å². The monoisotopic (exact) mass is 407 g/mol. The molecule has 2 aromatic carbocycles. The van der Waals surface area contributed by atoms with Crippen LogP contribution in [0.2, 0.25) is 5.02 Å². The van der Waals surface area contributed by atoms with Gasteiger partial charge in [0.15, 0.2) is 5.16 Å². The molecule has 1 atom stereocenters. The van der Waals surface area contributed by atoms with Gasteiger partial charge in [0.2, 0.25) is 5.91 Å². The number of thioether (sulfide) groups is 1. The lowest BCUT2D eigenvalue weighted by atomic mass is 10.3. The van der Waals surface area contributed by atoms with Crippen LogP contribution in [0.25, 0.3) is 11.0 Å². The van der Waals surface area contributed by atoms with Crippen molar-refractivity contribution in [1.29, 1.82) is 0 Å². The quantitative estimate of drug-likeness (QED) is 0.582. The molecule has 1 N–H and O–H groups in total. The first-order valence-electron chi connectivity index (χ1n) is 8.36. The number of rotatable bonds is 7. The zero-order chi connectivity index (χ0) is 19.4. The standard InChI is InChI=1S/C19H19ClFN3O2S/c1-12(18(25)22-15-8-7-13(21)11-14(15)20)27-19-23-16-5-3-4-6-17(16)24(19)9-10-26-2/h3-8,11-12H,9-10H2,1-2H3,(H,22,25)/t12-/m1/s1. The van der Waals surface area contributed by atoms with Crippen molar-refractivity contribution in [3.05, 3.63) is 53.3 Å². The number of amides is 1. The van der Waals surface area contributed by atoms with Crippen molar-refractivity contribution in [1.82, 2.24) is 9.55 Å². The number of imidazole rings is 1. The number of aromatic nitrogens is 2. The first kappa shape index (κ1) is 19.7. The second-order valence-electron chi connectivity index (χ2n) is 5.90. The number of benzene rings is 2. The molecule has 0 spiro atoms. The van der Waals surface area contributed by atoms with E-state index in [-0.39, 0.29) is 10.9 Å². The second-order valence-corrected chi connectivity index (χ2v) is 7.62. The Balaban J connectivity index is 1.78. The van der Waals surface area contributed by atoms with E-state index in [0.29, 0.717) is 18.8 Å². The smallest absolute Gasteiger partial charge is 0.237 e. The summed E-state index contributed by atoms with van der Waals surface area (Å²) >= 11 is 7.33. The molecule has 8 heteroatoms. The summed E-state index contributed by atoms with van der Waals surface area (Å²) < 4.78 is 20.4. The summed E-state index contributed by atoms with van der Waals surface area (Å²) in [5.41, 5.74) is 2.24. The van der Waals surface area contributed by atoms with E-state index in [0.717, 1.165) is 16.2 Å². The van der Waals surface area contributed by atoms with Crippen LogP contribution in [-0.2, 0) is 16.1 Å². The lowest BCUT2D eigenvalue weighted by Gasteiger charge is -2.14. The molecule has 5 nitrogen and oxygen atoms in total. The van der Waals surface area contributed by atoms with Crippen LogP contribution < -0.4 is 5.32 Å². The second kappa shape index (κ2) is 8.73. The van der Waals surface area contributed by atoms with E-state index in [9.17, 15) is 9.18 Å². The van der Waals surface area contributed by atoms with Gasteiger partial charge in [-0.1, -0.05) is 35.5 Å². The van der Waals surface area contributed by atoms with E-state index in [2.05, 4.69) is 10.3 Å². The molecule has 0 saturated carbocycles. The highest BCUT2D eigenvalue weighted by molar-refractivity contribution is 8.00. The van der Waals surface area contributed by atoms with Crippen LogP contribution in [0.15, 0.2) is 47.6 Å². The predicted octanol–water partition coefficient (Wildman–Crippen LogP) is 4.59. The Kier molecular flexibility index (Phi) is 6.36. The molecule has 27 heavy (non-hydrogen) atoms. The van der Waals surface area contributed by atoms with Crippen molar-refractivity contribution >= 4 is 46.0 Å². The number of halogens is 2. The molecule has 1 heterocycles. The minimum Gasteiger partial charge on any atom is -0.383 e. The number of carbonyl (C=O) groups is 1. The number of methoxy groups -OCH3 is 1. The number of fused-ring (bicyclic) bond motifs is 1. The minimum atomic E-state index is -0.452. The van der Waals surface area contributed by atoms with Gasteiger partial charge in [0.1, 0.15) is 5.82 Å². The largest absolute Gasteiger partial charge is 0.383 e. The third-order valence-electron chi connectivity index (χ3n) is 3.98. The van der Waals surface area contributed by atoms with Crippen molar-refractivity contribution in [2.75, 3.05) is 19.0 Å². The summed E-state index contributed by atoms with van der Waals surface area (Å²) in [7, 11) is 1.65. The molecule has 0 bridgehead atoms. The normalized spacial score (nSPS) is 12.3. The average Bonchev–Trinajstić information content (AvgIpc) is 2.99. The van der Waals surface area contributed by atoms with Gasteiger partial charge in [-0.05, 0) is 37.3 Å². The van der Waals surface area contributed by atoms with Gasteiger partial charge in [0, 0.05) is 13.7 Å². The van der Waals surface area contributed by atoms with Crippen LogP contribution in [-0.4, -0.2) is 34.4 Å². The van der Waals surface area contributed by atoms with E-state index < -0.39 is 11.1 Å². The Labute approximate surface area is 165 Å². The third kappa shape index (κ3) is 4.61. The fourth-order valence-corrected chi connectivity index (χ4v) is 3.74. The van der Waals surface area contributed by atoms with Gasteiger partial charge in [-0.2, -0.15) is 0 Å². The Morgan fingerprint density at radius 2 is 2.15 bits per heavy atom. The van der Waals surface area contributed by atoms with Gasteiger partial charge in [-0.3, -0.25) is 4.79 Å². The maximum Gasteiger partial charge on any atom is 0.237 e. The summed E-state index contributed by atoms with van der Waals surface area (Å²) in [6, 6.07) is 11.7. The predicted molar refractivity (Wildman–Crippen MR) is 107 cm³/mol. The number of nitrogens with zero attached hydrogens (tertiary/aromatic N) is 2. The first-order chi connectivity index (χ1) is 13.0. The topological polar surface area (TPSA) is 56.1 Å². The molecule has 0 aliphatic heterocycles. The first-order valence-corrected chi connectivity index (χ1v) is 9.62. The Morgan fingerprint density at radius 3 is 2.89 bits per heavy atom. The summed E-state index contributed by atoms with van der Waals surface area (Å²) in [6.07, 6.45) is 0. The molecule has 0 unspecified atom stereocenters. The van der Waals surface area contributed by atoms with E-state index in [1.807, 2.05) is 28.8 Å². The summed E-state index contributed by atoms with van der Waals surface area (Å²) in [6.45, 7) is 2.97. The Hall–Kier alpha value is -2.09. The highest BCUT2D eigenvalue weighted by atomic mass is 35.5. The molecule has 0 aliphatic rings. The molecule has 3 rings (SSSR count). The van der Waals surface area contributed by atoms with Gasteiger partial charge in [0.05, 0.1) is 33.6 Å². The van der Waals surface area contributed by atoms with Crippen LogP contribution in [0.5, 0.6) is 0 Å². The zero-order valence-corrected chi connectivity index (χ0v) is 16.5. The fraction of sp³-hybridized carbons (Fsp3) is 0.263. The third-order valence-corrected chi connectivity index (χ3v) is 5.38. The molecule has 0 saturated heterocycles. The molecule has 3 aromatic rings. The molecule has 0 fully saturated rings. The van der Waals surface area contributed by atoms with Crippen molar-refractivity contribution in [2.24, 2.45) is 0 Å². The average molecular weight is 408 g/mol. The molecule has 0 radical (unpaired) electrons. The van der Waals surface area contributed by atoms with Gasteiger partial charge in [-0.15, -0.1) is 0 Å². The van der Waals surface area contributed by atoms with E-state index in [4.69, 9.17) is 16.3 Å².